The molecule has 1 heterocycles. The van der Waals surface area contributed by atoms with Crippen molar-refractivity contribution in [2.75, 3.05) is 13.1 Å². The highest BCUT2D eigenvalue weighted by Gasteiger charge is 2.15. The Balaban J connectivity index is 1.93. The van der Waals surface area contributed by atoms with Crippen molar-refractivity contribution in [1.82, 2.24) is 10.6 Å². The van der Waals surface area contributed by atoms with Crippen LogP contribution in [0.25, 0.3) is 0 Å². The number of benzene rings is 1. The number of piperidine rings is 1. The summed E-state index contributed by atoms with van der Waals surface area (Å²) in [7, 11) is 0. The van der Waals surface area contributed by atoms with E-state index >= 15 is 0 Å². The third kappa shape index (κ3) is 3.01. The molecule has 0 spiro atoms. The number of amides is 1. The first kappa shape index (κ1) is 12.9. The van der Waals surface area contributed by atoms with Crippen LogP contribution in [0, 0.1) is 6.92 Å². The Morgan fingerprint density at radius 2 is 2.33 bits per heavy atom. The molecular weight excluding hydrogens is 228 g/mol. The summed E-state index contributed by atoms with van der Waals surface area (Å²) in [5, 5.41) is 15.9. The minimum absolute atomic E-state index is 0.115. The number of hydrogen-bond acceptors (Lipinski definition) is 3. The van der Waals surface area contributed by atoms with Crippen LogP contribution in [0.4, 0.5) is 0 Å². The molecule has 4 nitrogen and oxygen atoms in total. The quantitative estimate of drug-likeness (QED) is 0.761. The topological polar surface area (TPSA) is 61.4 Å². The standard InChI is InChI=1S/C14H20N2O2/c1-10-12(6-4-7-13(10)17)14(18)16-9-11-5-2-3-8-15-11/h4,6-7,11,15,17H,2-3,5,8-9H2,1H3,(H,16,18). The number of carbonyl (C=O) groups excluding carboxylic acids is 1. The van der Waals surface area contributed by atoms with Gasteiger partial charge in [0.2, 0.25) is 0 Å². The van der Waals surface area contributed by atoms with Gasteiger partial charge < -0.3 is 15.7 Å². The van der Waals surface area contributed by atoms with Crippen molar-refractivity contribution in [2.24, 2.45) is 0 Å². The Kier molecular flexibility index (Phi) is 4.20. The van der Waals surface area contributed by atoms with Gasteiger partial charge in [-0.15, -0.1) is 0 Å². The van der Waals surface area contributed by atoms with Crippen molar-refractivity contribution >= 4 is 5.91 Å². The molecule has 98 valence electrons. The lowest BCUT2D eigenvalue weighted by molar-refractivity contribution is 0.0946. The number of phenols is 1. The Morgan fingerprint density at radius 3 is 3.06 bits per heavy atom. The van der Waals surface area contributed by atoms with E-state index in [2.05, 4.69) is 10.6 Å². The zero-order chi connectivity index (χ0) is 13.0. The molecule has 1 fully saturated rings. The molecule has 1 aromatic rings. The molecule has 18 heavy (non-hydrogen) atoms. The maximum Gasteiger partial charge on any atom is 0.251 e. The van der Waals surface area contributed by atoms with Gasteiger partial charge >= 0.3 is 0 Å². The predicted octanol–water partition coefficient (Wildman–Crippen LogP) is 1.57. The lowest BCUT2D eigenvalue weighted by atomic mass is 10.0. The van der Waals surface area contributed by atoms with Crippen LogP contribution in [0.5, 0.6) is 5.75 Å². The lowest BCUT2D eigenvalue weighted by Gasteiger charge is -2.23. The molecule has 2 rings (SSSR count). The molecule has 1 saturated heterocycles. The number of phenolic OH excluding ortho intramolecular Hbond substituents is 1. The van der Waals surface area contributed by atoms with Gasteiger partial charge in [-0.25, -0.2) is 0 Å². The second-order valence-electron chi connectivity index (χ2n) is 4.81. The molecule has 3 N–H and O–H groups in total. The zero-order valence-electron chi connectivity index (χ0n) is 10.7. The third-order valence-corrected chi connectivity index (χ3v) is 3.47. The van der Waals surface area contributed by atoms with Gasteiger partial charge in [0.25, 0.3) is 5.91 Å². The third-order valence-electron chi connectivity index (χ3n) is 3.47. The minimum atomic E-state index is -0.115. The molecule has 1 aliphatic rings. The summed E-state index contributed by atoms with van der Waals surface area (Å²) in [6.07, 6.45) is 3.55. The van der Waals surface area contributed by atoms with Crippen LogP contribution in [-0.2, 0) is 0 Å². The van der Waals surface area contributed by atoms with Crippen LogP contribution in [0.15, 0.2) is 18.2 Å². The van der Waals surface area contributed by atoms with Crippen LogP contribution in [-0.4, -0.2) is 30.1 Å². The van der Waals surface area contributed by atoms with Crippen LogP contribution in [0.1, 0.15) is 35.2 Å². The van der Waals surface area contributed by atoms with E-state index in [1.807, 2.05) is 0 Å². The molecule has 1 unspecified atom stereocenters. The lowest BCUT2D eigenvalue weighted by Crippen LogP contribution is -2.43. The highest BCUT2D eigenvalue weighted by molar-refractivity contribution is 5.96. The van der Waals surface area contributed by atoms with Crippen molar-refractivity contribution in [1.29, 1.82) is 0 Å². The van der Waals surface area contributed by atoms with E-state index in [9.17, 15) is 9.90 Å². The second kappa shape index (κ2) is 5.87. The normalized spacial score (nSPS) is 19.5. The summed E-state index contributed by atoms with van der Waals surface area (Å²) in [5.41, 5.74) is 1.18. The number of carbonyl (C=O) groups is 1. The van der Waals surface area contributed by atoms with Crippen LogP contribution >= 0.6 is 0 Å². The van der Waals surface area contributed by atoms with Gasteiger partial charge in [-0.05, 0) is 38.4 Å². The first-order valence-electron chi connectivity index (χ1n) is 6.48. The summed E-state index contributed by atoms with van der Waals surface area (Å²) in [6, 6.07) is 5.39. The summed E-state index contributed by atoms with van der Waals surface area (Å²) in [5.74, 6) is 0.0502. The monoisotopic (exact) mass is 248 g/mol. The first-order valence-corrected chi connectivity index (χ1v) is 6.48. The van der Waals surface area contributed by atoms with E-state index in [4.69, 9.17) is 0 Å². The van der Waals surface area contributed by atoms with E-state index in [0.29, 0.717) is 23.7 Å². The van der Waals surface area contributed by atoms with Gasteiger partial charge in [-0.3, -0.25) is 4.79 Å². The van der Waals surface area contributed by atoms with E-state index in [-0.39, 0.29) is 11.7 Å². The fourth-order valence-electron chi connectivity index (χ4n) is 2.28. The summed E-state index contributed by atoms with van der Waals surface area (Å²) in [6.45, 7) is 3.43. The number of aromatic hydroxyl groups is 1. The smallest absolute Gasteiger partial charge is 0.251 e. The van der Waals surface area contributed by atoms with E-state index < -0.39 is 0 Å². The zero-order valence-corrected chi connectivity index (χ0v) is 10.7. The minimum Gasteiger partial charge on any atom is -0.508 e. The van der Waals surface area contributed by atoms with Crippen molar-refractivity contribution in [3.8, 4) is 5.75 Å². The second-order valence-corrected chi connectivity index (χ2v) is 4.81. The van der Waals surface area contributed by atoms with Gasteiger partial charge in [-0.2, -0.15) is 0 Å². The molecule has 4 heteroatoms. The van der Waals surface area contributed by atoms with Crippen LogP contribution < -0.4 is 10.6 Å². The first-order chi connectivity index (χ1) is 8.68. The van der Waals surface area contributed by atoms with Gasteiger partial charge in [0.15, 0.2) is 0 Å². The average molecular weight is 248 g/mol. The summed E-state index contributed by atoms with van der Waals surface area (Å²) in [4.78, 5) is 12.0. The maximum absolute atomic E-state index is 12.0. The van der Waals surface area contributed by atoms with Gasteiger partial charge in [-0.1, -0.05) is 12.5 Å². The molecule has 0 aliphatic carbocycles. The molecule has 0 saturated carbocycles. The number of rotatable bonds is 3. The Hall–Kier alpha value is -1.55. The molecule has 0 radical (unpaired) electrons. The van der Waals surface area contributed by atoms with E-state index in [0.717, 1.165) is 13.0 Å². The molecule has 1 amide bonds. The highest BCUT2D eigenvalue weighted by Crippen LogP contribution is 2.19. The van der Waals surface area contributed by atoms with Crippen LogP contribution in [0.3, 0.4) is 0 Å². The largest absolute Gasteiger partial charge is 0.508 e. The predicted molar refractivity (Wildman–Crippen MR) is 70.8 cm³/mol. The van der Waals surface area contributed by atoms with Crippen molar-refractivity contribution < 1.29 is 9.90 Å². The maximum atomic E-state index is 12.0. The Bertz CT molecular complexity index is 426. The Morgan fingerprint density at radius 1 is 1.50 bits per heavy atom. The molecule has 0 bridgehead atoms. The van der Waals surface area contributed by atoms with E-state index in [1.54, 1.807) is 25.1 Å². The molecule has 0 aromatic heterocycles. The fraction of sp³-hybridized carbons (Fsp3) is 0.500. The van der Waals surface area contributed by atoms with Crippen molar-refractivity contribution in [2.45, 2.75) is 32.2 Å². The van der Waals surface area contributed by atoms with E-state index in [1.165, 1.54) is 12.8 Å². The number of nitrogens with one attached hydrogen (secondary N) is 2. The van der Waals surface area contributed by atoms with Crippen LogP contribution in [0.2, 0.25) is 0 Å². The van der Waals surface area contributed by atoms with Gasteiger partial charge in [0.05, 0.1) is 0 Å². The number of hydrogen-bond donors (Lipinski definition) is 3. The van der Waals surface area contributed by atoms with Gasteiger partial charge in [0.1, 0.15) is 5.75 Å². The van der Waals surface area contributed by atoms with Gasteiger partial charge in [0, 0.05) is 23.7 Å². The molecule has 1 aliphatic heterocycles. The summed E-state index contributed by atoms with van der Waals surface area (Å²) >= 11 is 0. The van der Waals surface area contributed by atoms with Crippen molar-refractivity contribution in [3.63, 3.8) is 0 Å². The average Bonchev–Trinajstić information content (AvgIpc) is 2.40. The summed E-state index contributed by atoms with van der Waals surface area (Å²) < 4.78 is 0. The van der Waals surface area contributed by atoms with Crippen molar-refractivity contribution in [3.05, 3.63) is 29.3 Å². The Labute approximate surface area is 107 Å². The highest BCUT2D eigenvalue weighted by atomic mass is 16.3. The molecule has 1 aromatic carbocycles. The molecule has 1 atom stereocenters. The SMILES string of the molecule is Cc1c(O)cccc1C(=O)NCC1CCCCN1. The fourth-order valence-corrected chi connectivity index (χ4v) is 2.28. The molecular formula is C14H20N2O2.